The predicted octanol–water partition coefficient (Wildman–Crippen LogP) is 3.00. The van der Waals surface area contributed by atoms with E-state index in [1.54, 1.807) is 0 Å². The molecular formula is C15H12ClN3O6. The lowest BCUT2D eigenvalue weighted by Gasteiger charge is -2.23. The van der Waals surface area contributed by atoms with Crippen molar-refractivity contribution in [3.63, 3.8) is 0 Å². The smallest absolute Gasteiger partial charge is 0.271 e. The normalized spacial score (nSPS) is 12.9. The van der Waals surface area contributed by atoms with E-state index >= 15 is 0 Å². The van der Waals surface area contributed by atoms with Gasteiger partial charge in [0.1, 0.15) is 0 Å². The molecule has 10 heteroatoms. The van der Waals surface area contributed by atoms with Crippen LogP contribution in [0, 0.1) is 20.2 Å². The Labute approximate surface area is 146 Å². The standard InChI is InChI=1S/C15H12ClN3O6/c1-15(21,9-2-4-10(5-3-9)18(22)23)14(20)17-13-7-6-11(19(24)25)8-12(13)16/h2-8,21H,1H3,(H,17,20). The van der Waals surface area contributed by atoms with Gasteiger partial charge in [0.25, 0.3) is 17.3 Å². The molecule has 0 aliphatic carbocycles. The summed E-state index contributed by atoms with van der Waals surface area (Å²) in [6, 6.07) is 8.31. The van der Waals surface area contributed by atoms with Crippen LogP contribution in [0.25, 0.3) is 0 Å². The van der Waals surface area contributed by atoms with E-state index in [-0.39, 0.29) is 27.6 Å². The number of anilines is 1. The highest BCUT2D eigenvalue weighted by molar-refractivity contribution is 6.34. The summed E-state index contributed by atoms with van der Waals surface area (Å²) in [7, 11) is 0. The number of hydrogen-bond acceptors (Lipinski definition) is 6. The van der Waals surface area contributed by atoms with Crippen LogP contribution in [0.3, 0.4) is 0 Å². The molecule has 0 aliphatic rings. The van der Waals surface area contributed by atoms with Gasteiger partial charge in [0, 0.05) is 24.3 Å². The van der Waals surface area contributed by atoms with E-state index in [1.807, 2.05) is 0 Å². The average Bonchev–Trinajstić information content (AvgIpc) is 2.56. The fourth-order valence-electron chi connectivity index (χ4n) is 2.00. The molecule has 9 nitrogen and oxygen atoms in total. The van der Waals surface area contributed by atoms with Gasteiger partial charge in [0.2, 0.25) is 0 Å². The van der Waals surface area contributed by atoms with Gasteiger partial charge in [-0.25, -0.2) is 0 Å². The third kappa shape index (κ3) is 3.90. The Kier molecular flexibility index (Phi) is 5.00. The van der Waals surface area contributed by atoms with Crippen LogP contribution < -0.4 is 5.32 Å². The number of carbonyl (C=O) groups excluding carboxylic acids is 1. The zero-order valence-electron chi connectivity index (χ0n) is 12.8. The van der Waals surface area contributed by atoms with Gasteiger partial charge in [0.05, 0.1) is 20.6 Å². The molecular weight excluding hydrogens is 354 g/mol. The van der Waals surface area contributed by atoms with Crippen molar-refractivity contribution in [1.29, 1.82) is 0 Å². The van der Waals surface area contributed by atoms with Crippen molar-refractivity contribution in [3.8, 4) is 0 Å². The van der Waals surface area contributed by atoms with Gasteiger partial charge in [-0.15, -0.1) is 0 Å². The molecule has 0 aliphatic heterocycles. The van der Waals surface area contributed by atoms with Gasteiger partial charge >= 0.3 is 0 Å². The maximum absolute atomic E-state index is 12.3. The number of amides is 1. The van der Waals surface area contributed by atoms with Crippen molar-refractivity contribution in [1.82, 2.24) is 0 Å². The van der Waals surface area contributed by atoms with Gasteiger partial charge in [-0.05, 0) is 30.7 Å². The zero-order chi connectivity index (χ0) is 18.8. The number of halogens is 1. The number of hydrogen-bond donors (Lipinski definition) is 2. The molecule has 0 saturated carbocycles. The minimum atomic E-state index is -2.00. The number of nitrogens with one attached hydrogen (secondary N) is 1. The highest BCUT2D eigenvalue weighted by atomic mass is 35.5. The molecule has 1 unspecified atom stereocenters. The second-order valence-corrected chi connectivity index (χ2v) is 5.66. The maximum Gasteiger partial charge on any atom is 0.271 e. The first kappa shape index (κ1) is 18.3. The monoisotopic (exact) mass is 365 g/mol. The third-order valence-electron chi connectivity index (χ3n) is 3.49. The number of benzene rings is 2. The van der Waals surface area contributed by atoms with Crippen LogP contribution in [0.1, 0.15) is 12.5 Å². The van der Waals surface area contributed by atoms with Crippen LogP contribution in [0.2, 0.25) is 5.02 Å². The largest absolute Gasteiger partial charge is 0.376 e. The molecule has 0 fully saturated rings. The topological polar surface area (TPSA) is 136 Å². The fraction of sp³-hybridized carbons (Fsp3) is 0.133. The predicted molar refractivity (Wildman–Crippen MR) is 89.4 cm³/mol. The molecule has 130 valence electrons. The Bertz CT molecular complexity index is 851. The highest BCUT2D eigenvalue weighted by Crippen LogP contribution is 2.29. The van der Waals surface area contributed by atoms with E-state index in [1.165, 1.54) is 25.1 Å². The van der Waals surface area contributed by atoms with Crippen LogP contribution in [0.5, 0.6) is 0 Å². The van der Waals surface area contributed by atoms with Crippen LogP contribution in [0.4, 0.5) is 17.1 Å². The minimum absolute atomic E-state index is 0.0675. The first-order valence-electron chi connectivity index (χ1n) is 6.85. The summed E-state index contributed by atoms with van der Waals surface area (Å²) in [5.74, 6) is -0.850. The number of nitro benzene ring substituents is 2. The second-order valence-electron chi connectivity index (χ2n) is 5.25. The third-order valence-corrected chi connectivity index (χ3v) is 3.81. The number of nitrogens with zero attached hydrogens (tertiary/aromatic N) is 2. The molecule has 0 spiro atoms. The number of nitro groups is 2. The van der Waals surface area contributed by atoms with Gasteiger partial charge in [0.15, 0.2) is 5.60 Å². The van der Waals surface area contributed by atoms with E-state index in [0.717, 1.165) is 24.3 Å². The minimum Gasteiger partial charge on any atom is -0.376 e. The zero-order valence-corrected chi connectivity index (χ0v) is 13.6. The molecule has 2 aromatic carbocycles. The Morgan fingerprint density at radius 3 is 2.08 bits per heavy atom. The summed E-state index contributed by atoms with van der Waals surface area (Å²) < 4.78 is 0. The summed E-state index contributed by atoms with van der Waals surface area (Å²) in [5, 5.41) is 34.1. The Morgan fingerprint density at radius 2 is 1.60 bits per heavy atom. The van der Waals surface area contributed by atoms with E-state index in [0.29, 0.717) is 0 Å². The summed E-state index contributed by atoms with van der Waals surface area (Å²) >= 11 is 5.89. The van der Waals surface area contributed by atoms with Crippen molar-refractivity contribution in [3.05, 3.63) is 73.3 Å². The summed E-state index contributed by atoms with van der Waals surface area (Å²) in [6.07, 6.45) is 0. The quantitative estimate of drug-likeness (QED) is 0.617. The van der Waals surface area contributed by atoms with Crippen LogP contribution in [-0.4, -0.2) is 20.9 Å². The highest BCUT2D eigenvalue weighted by Gasteiger charge is 2.33. The Balaban J connectivity index is 2.24. The summed E-state index contributed by atoms with van der Waals surface area (Å²) in [6.45, 7) is 1.21. The number of carbonyl (C=O) groups is 1. The molecule has 0 saturated heterocycles. The average molecular weight is 366 g/mol. The molecule has 25 heavy (non-hydrogen) atoms. The van der Waals surface area contributed by atoms with E-state index in [9.17, 15) is 30.1 Å². The molecule has 2 rings (SSSR count). The lowest BCUT2D eigenvalue weighted by Crippen LogP contribution is -2.37. The molecule has 1 amide bonds. The van der Waals surface area contributed by atoms with Gasteiger partial charge < -0.3 is 10.4 Å². The molecule has 0 radical (unpaired) electrons. The maximum atomic E-state index is 12.3. The first-order valence-corrected chi connectivity index (χ1v) is 7.23. The van der Waals surface area contributed by atoms with Crippen LogP contribution in [-0.2, 0) is 10.4 Å². The van der Waals surface area contributed by atoms with Gasteiger partial charge in [-0.2, -0.15) is 0 Å². The van der Waals surface area contributed by atoms with Crippen molar-refractivity contribution in [2.24, 2.45) is 0 Å². The second kappa shape index (κ2) is 6.83. The molecule has 0 bridgehead atoms. The lowest BCUT2D eigenvalue weighted by atomic mass is 9.94. The van der Waals surface area contributed by atoms with E-state index < -0.39 is 21.4 Å². The Hall–Kier alpha value is -3.04. The van der Waals surface area contributed by atoms with Crippen LogP contribution >= 0.6 is 11.6 Å². The Morgan fingerprint density at radius 1 is 1.08 bits per heavy atom. The summed E-state index contributed by atoms with van der Waals surface area (Å²) in [5.41, 5.74) is -2.21. The van der Waals surface area contributed by atoms with E-state index in [4.69, 9.17) is 11.6 Å². The molecule has 2 N–H and O–H groups in total. The molecule has 1 atom stereocenters. The lowest BCUT2D eigenvalue weighted by molar-refractivity contribution is -0.385. The number of rotatable bonds is 5. The summed E-state index contributed by atoms with van der Waals surface area (Å²) in [4.78, 5) is 32.4. The molecule has 2 aromatic rings. The van der Waals surface area contributed by atoms with Crippen molar-refractivity contribution < 1.29 is 19.7 Å². The van der Waals surface area contributed by atoms with Crippen molar-refractivity contribution in [2.45, 2.75) is 12.5 Å². The molecule has 0 aromatic heterocycles. The van der Waals surface area contributed by atoms with E-state index in [2.05, 4.69) is 5.32 Å². The van der Waals surface area contributed by atoms with Gasteiger partial charge in [-0.1, -0.05) is 11.6 Å². The number of non-ortho nitro benzene ring substituents is 2. The molecule has 0 heterocycles. The SMILES string of the molecule is CC(O)(C(=O)Nc1ccc([N+](=O)[O-])cc1Cl)c1ccc([N+](=O)[O-])cc1. The first-order chi connectivity index (χ1) is 11.6. The van der Waals surface area contributed by atoms with Crippen molar-refractivity contribution >= 4 is 34.6 Å². The van der Waals surface area contributed by atoms with Crippen molar-refractivity contribution in [2.75, 3.05) is 5.32 Å². The van der Waals surface area contributed by atoms with Crippen LogP contribution in [0.15, 0.2) is 42.5 Å². The fourth-order valence-corrected chi connectivity index (χ4v) is 2.22. The number of aliphatic hydroxyl groups is 1. The van der Waals surface area contributed by atoms with Gasteiger partial charge in [-0.3, -0.25) is 25.0 Å².